The number of hydrogen-bond donors (Lipinski definition) is 0. The van der Waals surface area contributed by atoms with Gasteiger partial charge in [0.05, 0.1) is 11.4 Å². The Kier molecular flexibility index (Phi) is 7.24. The number of halogens is 6. The second-order valence-corrected chi connectivity index (χ2v) is 17.0. The van der Waals surface area contributed by atoms with Crippen LogP contribution in [-0.4, -0.2) is 50.5 Å². The molecule has 1 saturated heterocycles. The Hall–Kier alpha value is -1.95. The normalized spacial score (nSPS) is 19.8. The minimum Gasteiger partial charge on any atom is -0.281 e. The van der Waals surface area contributed by atoms with Gasteiger partial charge in [0.15, 0.2) is 0 Å². The Morgan fingerprint density at radius 1 is 0.611 bits per heavy atom. The summed E-state index contributed by atoms with van der Waals surface area (Å²) in [6, 6.07) is 8.52. The third kappa shape index (κ3) is 4.82. The lowest BCUT2D eigenvalue weighted by molar-refractivity contribution is -0.0444. The van der Waals surface area contributed by atoms with Crippen LogP contribution in [0, 0.1) is 27.7 Å². The molecule has 0 aliphatic carbocycles. The predicted octanol–water partition coefficient (Wildman–Crippen LogP) is 4.89. The van der Waals surface area contributed by atoms with E-state index in [1.807, 2.05) is 0 Å². The van der Waals surface area contributed by atoms with Gasteiger partial charge in [0.1, 0.15) is 8.47 Å². The molecule has 0 saturated carbocycles. The van der Waals surface area contributed by atoms with Gasteiger partial charge in [-0.1, -0.05) is 12.1 Å². The van der Waals surface area contributed by atoms with E-state index in [9.17, 15) is 43.2 Å². The Morgan fingerprint density at radius 3 is 1.08 bits per heavy atom. The quantitative estimate of drug-likeness (QED) is 0.384. The van der Waals surface area contributed by atoms with Gasteiger partial charge in [-0.25, -0.2) is 16.8 Å². The van der Waals surface area contributed by atoms with Crippen LogP contribution in [0.4, 0.5) is 37.7 Å². The summed E-state index contributed by atoms with van der Waals surface area (Å²) in [4.78, 5) is 0. The van der Waals surface area contributed by atoms with E-state index in [1.165, 1.54) is 24.3 Å². The molecular weight excluding hydrogens is 549 g/mol. The molecule has 2 aromatic carbocycles. The van der Waals surface area contributed by atoms with Crippen molar-refractivity contribution in [3.8, 4) is 0 Å². The van der Waals surface area contributed by atoms with Crippen LogP contribution >= 0.6 is 0 Å². The van der Waals surface area contributed by atoms with Gasteiger partial charge in [0.25, 0.3) is 19.7 Å². The summed E-state index contributed by atoms with van der Waals surface area (Å²) in [5.74, 6) is 0.903. The number of hydrazine groups is 1. The number of alkyl halides is 6. The van der Waals surface area contributed by atoms with Gasteiger partial charge in [0, 0.05) is 0 Å². The largest absolute Gasteiger partial charge is 0.498 e. The van der Waals surface area contributed by atoms with Gasteiger partial charge in [-0.2, -0.15) is 26.3 Å². The molecule has 0 amide bonds. The number of benzene rings is 2. The fourth-order valence-electron chi connectivity index (χ4n) is 4.64. The molecule has 1 aliphatic rings. The highest BCUT2D eigenvalue weighted by Crippen LogP contribution is 2.45. The van der Waals surface area contributed by atoms with E-state index in [0.717, 1.165) is 5.79 Å². The number of anilines is 2. The lowest BCUT2D eigenvalue weighted by Crippen LogP contribution is -2.51. The highest BCUT2D eigenvalue weighted by molar-refractivity contribution is 7.97. The zero-order chi connectivity index (χ0) is 27.6. The maximum Gasteiger partial charge on any atom is 0.498 e. The Labute approximate surface area is 209 Å². The van der Waals surface area contributed by atoms with Gasteiger partial charge in [-0.15, -0.1) is 5.79 Å². The average Bonchev–Trinajstić information content (AvgIpc) is 2.99. The third-order valence-corrected chi connectivity index (χ3v) is 15.9. The molecular formula is C21H23AlF6N2O4S2. The van der Waals surface area contributed by atoms with Crippen molar-refractivity contribution >= 4 is 45.2 Å². The zero-order valence-electron chi connectivity index (χ0n) is 19.8. The maximum absolute atomic E-state index is 13.8. The minimum absolute atomic E-state index is 0.163. The number of hydrogen-bond acceptors (Lipinski definition) is 6. The highest BCUT2D eigenvalue weighted by Gasteiger charge is 2.69. The highest BCUT2D eigenvalue weighted by atomic mass is 32.2. The second kappa shape index (κ2) is 9.11. The van der Waals surface area contributed by atoms with E-state index in [-0.39, 0.29) is 11.4 Å². The van der Waals surface area contributed by atoms with Gasteiger partial charge in [0.2, 0.25) is 0 Å². The van der Waals surface area contributed by atoms with E-state index >= 15 is 0 Å². The lowest BCUT2D eigenvalue weighted by Gasteiger charge is -2.39. The third-order valence-electron chi connectivity index (χ3n) is 5.84. The summed E-state index contributed by atoms with van der Waals surface area (Å²) in [7, 11) is -12.3. The summed E-state index contributed by atoms with van der Waals surface area (Å²) in [6.45, 7) is 6.30. The van der Waals surface area contributed by atoms with Crippen molar-refractivity contribution in [2.75, 3.05) is 10.0 Å². The first-order chi connectivity index (χ1) is 16.2. The first kappa shape index (κ1) is 28.6. The van der Waals surface area contributed by atoms with E-state index in [2.05, 4.69) is 0 Å². The Balaban J connectivity index is 2.49. The number of sulfone groups is 2. The number of rotatable bonds is 4. The molecule has 198 valence electrons. The van der Waals surface area contributed by atoms with E-state index in [0.29, 0.717) is 32.3 Å². The van der Waals surface area contributed by atoms with Crippen LogP contribution in [0.1, 0.15) is 22.3 Å². The second-order valence-electron chi connectivity index (χ2n) is 9.00. The number of aryl methyl sites for hydroxylation is 4. The molecule has 2 unspecified atom stereocenters. The van der Waals surface area contributed by atoms with E-state index in [4.69, 9.17) is 0 Å². The van der Waals surface area contributed by atoms with Crippen molar-refractivity contribution in [2.24, 2.45) is 0 Å². The average molecular weight is 573 g/mol. The summed E-state index contributed by atoms with van der Waals surface area (Å²) in [5, 5.41) is 1.17. The van der Waals surface area contributed by atoms with E-state index < -0.39 is 53.3 Å². The molecule has 1 heterocycles. The van der Waals surface area contributed by atoms with Crippen molar-refractivity contribution in [3.63, 3.8) is 0 Å². The van der Waals surface area contributed by atoms with Crippen LogP contribution in [-0.2, 0) is 19.7 Å². The molecule has 15 heteroatoms. The zero-order valence-corrected chi connectivity index (χ0v) is 22.6. The van der Waals surface area contributed by atoms with E-state index in [1.54, 1.807) is 39.8 Å². The molecule has 2 atom stereocenters. The van der Waals surface area contributed by atoms with Crippen molar-refractivity contribution in [3.05, 3.63) is 58.7 Å². The van der Waals surface area contributed by atoms with Crippen LogP contribution in [0.5, 0.6) is 0 Å². The standard InChI is InChI=1S/C20H20F6N2O4S2.CH3.Al/c1-13-5-14(2)8-17(7-13)27(11-33(29,30)19(21,22)23)28(12-34(31,32)20(24,25)26)18-9-15(3)6-16(4)10-18;;/h5-12H,1-4H3;1H3;. The molecule has 0 aromatic heterocycles. The topological polar surface area (TPSA) is 74.8 Å². The summed E-state index contributed by atoms with van der Waals surface area (Å²) in [5.41, 5.74) is -10.0. The fourth-order valence-corrected chi connectivity index (χ4v) is 14.6. The summed E-state index contributed by atoms with van der Waals surface area (Å²) >= 11 is -4.01. The molecule has 0 N–H and O–H groups in total. The first-order valence-electron chi connectivity index (χ1n) is 10.6. The van der Waals surface area contributed by atoms with Crippen LogP contribution in [0.25, 0.3) is 0 Å². The monoisotopic (exact) mass is 572 g/mol. The van der Waals surface area contributed by atoms with Gasteiger partial charge < -0.3 is 0 Å². The van der Waals surface area contributed by atoms with Crippen molar-refractivity contribution in [1.29, 1.82) is 0 Å². The van der Waals surface area contributed by atoms with Crippen molar-refractivity contribution in [2.45, 2.75) is 53.0 Å². The van der Waals surface area contributed by atoms with Crippen molar-refractivity contribution in [1.82, 2.24) is 0 Å². The fraction of sp³-hybridized carbons (Fsp3) is 0.429. The maximum atomic E-state index is 13.8. The predicted molar refractivity (Wildman–Crippen MR) is 126 cm³/mol. The molecule has 2 aromatic rings. The lowest BCUT2D eigenvalue weighted by atomic mass is 10.1. The number of nitrogens with zero attached hydrogens (tertiary/aromatic N) is 2. The van der Waals surface area contributed by atoms with Crippen LogP contribution in [0.15, 0.2) is 36.4 Å². The SMILES string of the molecule is Cc1cc(C)cc(N2[CH](S(=O)(=O)C(F)(F)F)[Al]([CH3])[CH](S(=O)(=O)C(F)(F)F)N2c2cc(C)cc(C)c2)c1. The summed E-state index contributed by atoms with van der Waals surface area (Å²) in [6.07, 6.45) is 0. The van der Waals surface area contributed by atoms with Gasteiger partial charge in [-0.3, -0.25) is 10.0 Å². The Bertz CT molecular complexity index is 1250. The first-order valence-corrected chi connectivity index (χ1v) is 16.1. The van der Waals surface area contributed by atoms with Crippen molar-refractivity contribution < 1.29 is 43.2 Å². The molecule has 3 rings (SSSR count). The minimum atomic E-state index is -6.13. The molecule has 0 spiro atoms. The molecule has 0 bridgehead atoms. The molecule has 1 fully saturated rings. The molecule has 36 heavy (non-hydrogen) atoms. The van der Waals surface area contributed by atoms with Gasteiger partial charge >= 0.3 is 25.2 Å². The van der Waals surface area contributed by atoms with Crippen LogP contribution in [0.3, 0.4) is 0 Å². The molecule has 1 aliphatic heterocycles. The van der Waals surface area contributed by atoms with Crippen LogP contribution in [0.2, 0.25) is 5.79 Å². The Morgan fingerprint density at radius 2 is 0.861 bits per heavy atom. The molecule has 6 nitrogen and oxygen atoms in total. The van der Waals surface area contributed by atoms with Gasteiger partial charge in [-0.05, 0) is 74.2 Å². The molecule has 0 radical (unpaired) electrons. The summed E-state index contributed by atoms with van der Waals surface area (Å²) < 4.78 is 129. The van der Waals surface area contributed by atoms with Crippen LogP contribution < -0.4 is 10.0 Å². The smallest absolute Gasteiger partial charge is 0.281 e.